The van der Waals surface area contributed by atoms with Crippen molar-refractivity contribution >= 4 is 45.5 Å². The normalized spacial score (nSPS) is 11.2. The van der Waals surface area contributed by atoms with Crippen LogP contribution in [0, 0.1) is 0 Å². The Bertz CT molecular complexity index is 1240. The third-order valence-electron chi connectivity index (χ3n) is 3.91. The molecule has 4 rings (SSSR count). The maximum Gasteiger partial charge on any atom is 0.295 e. The first-order valence-electron chi connectivity index (χ1n) is 7.64. The van der Waals surface area contributed by atoms with E-state index >= 15 is 0 Å². The minimum absolute atomic E-state index is 0.0145. The molecule has 0 unspecified atom stereocenters. The quantitative estimate of drug-likeness (QED) is 0.399. The summed E-state index contributed by atoms with van der Waals surface area (Å²) in [5, 5.41) is 5.58. The number of carbonyl (C=O) groups is 1. The lowest BCUT2D eigenvalue weighted by atomic mass is 10.1. The Balaban J connectivity index is 1.79. The molecule has 26 heavy (non-hydrogen) atoms. The van der Waals surface area contributed by atoms with Crippen molar-refractivity contribution in [2.24, 2.45) is 0 Å². The minimum atomic E-state index is -0.562. The fourth-order valence-corrected chi connectivity index (χ4v) is 3.05. The molecule has 2 heterocycles. The number of halogens is 2. The van der Waals surface area contributed by atoms with E-state index in [1.165, 1.54) is 23.0 Å². The van der Waals surface area contributed by atoms with E-state index < -0.39 is 5.56 Å². The number of aromatic nitrogens is 4. The third-order valence-corrected chi connectivity index (χ3v) is 4.47. The molecule has 0 saturated heterocycles. The molecule has 0 N–H and O–H groups in total. The molecule has 0 radical (unpaired) electrons. The predicted molar refractivity (Wildman–Crippen MR) is 99.1 cm³/mol. The van der Waals surface area contributed by atoms with Gasteiger partial charge in [-0.15, -0.1) is 0 Å². The zero-order valence-corrected chi connectivity index (χ0v) is 14.7. The van der Waals surface area contributed by atoms with E-state index in [0.29, 0.717) is 21.6 Å². The minimum Gasteiger partial charge on any atom is -0.294 e. The van der Waals surface area contributed by atoms with Gasteiger partial charge in [-0.25, -0.2) is 9.50 Å². The second-order valence-corrected chi connectivity index (χ2v) is 6.46. The molecule has 0 atom stereocenters. The number of fused-ring (bicyclic) bond motifs is 3. The van der Waals surface area contributed by atoms with Crippen molar-refractivity contribution < 1.29 is 4.79 Å². The van der Waals surface area contributed by atoms with Gasteiger partial charge in [-0.3, -0.25) is 9.59 Å². The molecule has 6 nitrogen and oxygen atoms in total. The van der Waals surface area contributed by atoms with E-state index in [9.17, 15) is 9.59 Å². The number of rotatable bonds is 3. The van der Waals surface area contributed by atoms with Gasteiger partial charge >= 0.3 is 0 Å². The van der Waals surface area contributed by atoms with Crippen LogP contribution < -0.4 is 5.56 Å². The van der Waals surface area contributed by atoms with Crippen molar-refractivity contribution in [3.63, 3.8) is 0 Å². The summed E-state index contributed by atoms with van der Waals surface area (Å²) in [4.78, 5) is 33.3. The molecule has 0 aliphatic carbocycles. The van der Waals surface area contributed by atoms with Crippen molar-refractivity contribution in [1.29, 1.82) is 0 Å². The molecular weight excluding hydrogens is 375 g/mol. The molecule has 0 saturated carbocycles. The van der Waals surface area contributed by atoms with E-state index in [-0.39, 0.29) is 28.5 Å². The first-order valence-corrected chi connectivity index (χ1v) is 8.40. The highest BCUT2D eigenvalue weighted by Crippen LogP contribution is 2.22. The van der Waals surface area contributed by atoms with Crippen molar-refractivity contribution in [1.82, 2.24) is 19.6 Å². The number of hydrogen-bond donors (Lipinski definition) is 0. The summed E-state index contributed by atoms with van der Waals surface area (Å²) >= 11 is 12.0. The lowest BCUT2D eigenvalue weighted by molar-refractivity contribution is 0.0991. The SMILES string of the molecule is O=C(Cc1nn2cnc3ccccc3c2nc1=O)c1cc(Cl)ccc1Cl. The maximum atomic E-state index is 12.5. The summed E-state index contributed by atoms with van der Waals surface area (Å²) in [5.74, 6) is -0.363. The average molecular weight is 385 g/mol. The molecule has 8 heteroatoms. The molecular formula is C18H10Cl2N4O2. The Hall–Kier alpha value is -2.83. The standard InChI is InChI=1S/C18H10Cl2N4O2/c19-10-5-6-13(20)12(7-10)16(25)8-15-18(26)22-17-11-3-1-2-4-14(11)21-9-24(17)23-15/h1-7,9H,8H2. The van der Waals surface area contributed by atoms with Crippen molar-refractivity contribution in [3.8, 4) is 0 Å². The second kappa shape index (κ2) is 6.48. The summed E-state index contributed by atoms with van der Waals surface area (Å²) < 4.78 is 1.39. The van der Waals surface area contributed by atoms with Gasteiger partial charge in [0, 0.05) is 16.0 Å². The molecule has 2 aromatic heterocycles. The summed E-state index contributed by atoms with van der Waals surface area (Å²) in [7, 11) is 0. The first kappa shape index (κ1) is 16.6. The topological polar surface area (TPSA) is 77.2 Å². The summed E-state index contributed by atoms with van der Waals surface area (Å²) in [6, 6.07) is 11.9. The Morgan fingerprint density at radius 3 is 2.77 bits per heavy atom. The van der Waals surface area contributed by atoms with Gasteiger partial charge in [-0.05, 0) is 30.3 Å². The van der Waals surface area contributed by atoms with Gasteiger partial charge in [0.25, 0.3) is 5.56 Å². The van der Waals surface area contributed by atoms with Gasteiger partial charge in [-0.1, -0.05) is 35.3 Å². The van der Waals surface area contributed by atoms with Crippen molar-refractivity contribution in [2.75, 3.05) is 0 Å². The number of ketones is 1. The van der Waals surface area contributed by atoms with Gasteiger partial charge in [-0.2, -0.15) is 10.1 Å². The van der Waals surface area contributed by atoms with Crippen molar-refractivity contribution in [3.05, 3.63) is 80.4 Å². The molecule has 0 amide bonds. The molecule has 128 valence electrons. The van der Waals surface area contributed by atoms with Crippen molar-refractivity contribution in [2.45, 2.75) is 6.42 Å². The van der Waals surface area contributed by atoms with Gasteiger partial charge in [0.2, 0.25) is 0 Å². The monoisotopic (exact) mass is 384 g/mol. The van der Waals surface area contributed by atoms with Gasteiger partial charge in [0.05, 0.1) is 17.0 Å². The molecule has 2 aromatic carbocycles. The Morgan fingerprint density at radius 2 is 1.92 bits per heavy atom. The van der Waals surface area contributed by atoms with Gasteiger partial charge in [0.15, 0.2) is 11.4 Å². The van der Waals surface area contributed by atoms with Gasteiger partial charge in [0.1, 0.15) is 12.0 Å². The number of Topliss-reactive ketones (excluding diaryl/α,β-unsaturated/α-hetero) is 1. The molecule has 0 bridgehead atoms. The number of hydrogen-bond acceptors (Lipinski definition) is 5. The number of benzene rings is 2. The summed E-state index contributed by atoms with van der Waals surface area (Å²) in [6.45, 7) is 0. The van der Waals surface area contributed by atoms with E-state index in [4.69, 9.17) is 23.2 Å². The van der Waals surface area contributed by atoms with Crippen LogP contribution in [0.15, 0.2) is 53.6 Å². The lowest BCUT2D eigenvalue weighted by Gasteiger charge is -2.06. The van der Waals surface area contributed by atoms with E-state index in [0.717, 1.165) is 0 Å². The largest absolute Gasteiger partial charge is 0.295 e. The fraction of sp³-hybridized carbons (Fsp3) is 0.0556. The highest BCUT2D eigenvalue weighted by Gasteiger charge is 2.16. The van der Waals surface area contributed by atoms with Gasteiger partial charge < -0.3 is 0 Å². The van der Waals surface area contributed by atoms with Crippen LogP contribution in [-0.4, -0.2) is 25.4 Å². The Labute approximate surface area is 157 Å². The van der Waals surface area contributed by atoms with Crippen LogP contribution in [0.3, 0.4) is 0 Å². The van der Waals surface area contributed by atoms with Crippen LogP contribution in [0.5, 0.6) is 0 Å². The first-order chi connectivity index (χ1) is 12.5. The zero-order valence-electron chi connectivity index (χ0n) is 13.2. The number of nitrogens with zero attached hydrogens (tertiary/aromatic N) is 4. The van der Waals surface area contributed by atoms with Crippen LogP contribution in [0.1, 0.15) is 16.1 Å². The Kier molecular flexibility index (Phi) is 4.14. The fourth-order valence-electron chi connectivity index (χ4n) is 2.66. The summed E-state index contributed by atoms with van der Waals surface area (Å²) in [5.41, 5.74) is 0.781. The highest BCUT2D eigenvalue weighted by atomic mass is 35.5. The maximum absolute atomic E-state index is 12.5. The molecule has 0 spiro atoms. The highest BCUT2D eigenvalue weighted by molar-refractivity contribution is 6.35. The smallest absolute Gasteiger partial charge is 0.294 e. The number of para-hydroxylation sites is 1. The predicted octanol–water partition coefficient (Wildman–Crippen LogP) is 3.37. The lowest BCUT2D eigenvalue weighted by Crippen LogP contribution is -2.22. The summed E-state index contributed by atoms with van der Waals surface area (Å²) in [6.07, 6.45) is 1.23. The van der Waals surface area contributed by atoms with E-state index in [1.807, 2.05) is 24.3 Å². The van der Waals surface area contributed by atoms with E-state index in [2.05, 4.69) is 15.1 Å². The number of carbonyl (C=O) groups excluding carboxylic acids is 1. The van der Waals surface area contributed by atoms with Crippen LogP contribution in [0.4, 0.5) is 0 Å². The molecule has 0 aliphatic rings. The Morgan fingerprint density at radius 1 is 1.12 bits per heavy atom. The van der Waals surface area contributed by atoms with Crippen LogP contribution in [0.25, 0.3) is 16.6 Å². The van der Waals surface area contributed by atoms with Crippen LogP contribution in [0.2, 0.25) is 10.0 Å². The molecule has 0 fully saturated rings. The molecule has 4 aromatic rings. The van der Waals surface area contributed by atoms with E-state index in [1.54, 1.807) is 6.07 Å². The zero-order chi connectivity index (χ0) is 18.3. The third kappa shape index (κ3) is 2.94. The van der Waals surface area contributed by atoms with Crippen LogP contribution >= 0.6 is 23.2 Å². The van der Waals surface area contributed by atoms with Crippen LogP contribution in [-0.2, 0) is 6.42 Å². The average Bonchev–Trinajstić information content (AvgIpc) is 2.64. The molecule has 0 aliphatic heterocycles. The second-order valence-electron chi connectivity index (χ2n) is 5.62.